The molecule has 0 radical (unpaired) electrons. The summed E-state index contributed by atoms with van der Waals surface area (Å²) in [4.78, 5) is 0. The highest BCUT2D eigenvalue weighted by atomic mass is 14.9. The molecule has 1 heterocycles. The molecule has 3 N–H and O–H groups in total. The third-order valence-corrected chi connectivity index (χ3v) is 2.49. The third-order valence-electron chi connectivity index (χ3n) is 2.49. The molecule has 0 spiro atoms. The zero-order valence-corrected chi connectivity index (χ0v) is 7.30. The molecule has 0 saturated carbocycles. The molecule has 1 aliphatic heterocycles. The Morgan fingerprint density at radius 1 is 1.50 bits per heavy atom. The maximum atomic E-state index is 5.90. The van der Waals surface area contributed by atoms with E-state index in [1.54, 1.807) is 0 Å². The van der Waals surface area contributed by atoms with E-state index < -0.39 is 0 Å². The lowest BCUT2D eigenvalue weighted by atomic mass is 9.91. The Hall–Kier alpha value is -1.02. The van der Waals surface area contributed by atoms with Gasteiger partial charge in [0.25, 0.3) is 0 Å². The molecular weight excluding hydrogens is 148 g/mol. The number of benzene rings is 1. The number of nitrogens with one attached hydrogen (secondary N) is 1. The number of anilines is 1. The SMILES string of the molecule is CC1CNCc2cccc(N)c21. The van der Waals surface area contributed by atoms with E-state index in [1.165, 1.54) is 11.1 Å². The van der Waals surface area contributed by atoms with Gasteiger partial charge in [0.1, 0.15) is 0 Å². The van der Waals surface area contributed by atoms with Gasteiger partial charge in [0.2, 0.25) is 0 Å². The molecule has 0 bridgehead atoms. The number of hydrogen-bond donors (Lipinski definition) is 2. The molecule has 0 aromatic heterocycles. The minimum absolute atomic E-state index is 0.551. The Morgan fingerprint density at radius 3 is 3.08 bits per heavy atom. The van der Waals surface area contributed by atoms with Crippen LogP contribution in [0.4, 0.5) is 5.69 Å². The van der Waals surface area contributed by atoms with Crippen LogP contribution >= 0.6 is 0 Å². The second-order valence-electron chi connectivity index (χ2n) is 3.45. The average Bonchev–Trinajstić information content (AvgIpc) is 2.04. The lowest BCUT2D eigenvalue weighted by molar-refractivity contribution is 0.572. The predicted octanol–water partition coefficient (Wildman–Crippen LogP) is 1.48. The van der Waals surface area contributed by atoms with Crippen LogP contribution in [0.5, 0.6) is 0 Å². The zero-order valence-electron chi connectivity index (χ0n) is 7.30. The van der Waals surface area contributed by atoms with Gasteiger partial charge < -0.3 is 11.1 Å². The second kappa shape index (κ2) is 2.79. The van der Waals surface area contributed by atoms with Gasteiger partial charge >= 0.3 is 0 Å². The quantitative estimate of drug-likeness (QED) is 0.567. The Morgan fingerprint density at radius 2 is 2.33 bits per heavy atom. The maximum Gasteiger partial charge on any atom is 0.0353 e. The molecule has 1 aromatic carbocycles. The van der Waals surface area contributed by atoms with Crippen molar-refractivity contribution >= 4 is 5.69 Å². The fourth-order valence-electron chi connectivity index (χ4n) is 1.91. The second-order valence-corrected chi connectivity index (χ2v) is 3.45. The Balaban J connectivity index is 2.53. The van der Waals surface area contributed by atoms with E-state index >= 15 is 0 Å². The van der Waals surface area contributed by atoms with Gasteiger partial charge in [0.05, 0.1) is 0 Å². The minimum atomic E-state index is 0.551. The first kappa shape index (κ1) is 7.62. The van der Waals surface area contributed by atoms with Crippen molar-refractivity contribution in [3.63, 3.8) is 0 Å². The highest BCUT2D eigenvalue weighted by Crippen LogP contribution is 2.28. The molecule has 0 aliphatic carbocycles. The molecule has 1 atom stereocenters. The summed E-state index contributed by atoms with van der Waals surface area (Å²) in [5, 5.41) is 3.36. The number of hydrogen-bond acceptors (Lipinski definition) is 2. The van der Waals surface area contributed by atoms with Gasteiger partial charge in [-0.25, -0.2) is 0 Å². The van der Waals surface area contributed by atoms with Crippen molar-refractivity contribution in [2.75, 3.05) is 12.3 Å². The molecule has 64 valence electrons. The van der Waals surface area contributed by atoms with Crippen LogP contribution in [-0.4, -0.2) is 6.54 Å². The van der Waals surface area contributed by atoms with E-state index in [0.717, 1.165) is 18.8 Å². The lowest BCUT2D eigenvalue weighted by Gasteiger charge is -2.24. The van der Waals surface area contributed by atoms with Crippen LogP contribution in [0, 0.1) is 0 Å². The van der Waals surface area contributed by atoms with Gasteiger partial charge in [-0.2, -0.15) is 0 Å². The minimum Gasteiger partial charge on any atom is -0.398 e. The average molecular weight is 162 g/mol. The molecule has 2 heteroatoms. The van der Waals surface area contributed by atoms with E-state index in [4.69, 9.17) is 5.73 Å². The van der Waals surface area contributed by atoms with Crippen LogP contribution < -0.4 is 11.1 Å². The smallest absolute Gasteiger partial charge is 0.0353 e. The van der Waals surface area contributed by atoms with Crippen molar-refractivity contribution in [3.8, 4) is 0 Å². The molecule has 1 aromatic rings. The summed E-state index contributed by atoms with van der Waals surface area (Å²) in [5.74, 6) is 0.551. The first-order chi connectivity index (χ1) is 5.79. The van der Waals surface area contributed by atoms with Crippen LogP contribution in [-0.2, 0) is 6.54 Å². The van der Waals surface area contributed by atoms with Crippen LogP contribution in [0.2, 0.25) is 0 Å². The molecule has 1 unspecified atom stereocenters. The standard InChI is InChI=1S/C10H14N2/c1-7-5-12-6-8-3-2-4-9(11)10(7)8/h2-4,7,12H,5-6,11H2,1H3. The zero-order chi connectivity index (χ0) is 8.55. The van der Waals surface area contributed by atoms with Gasteiger partial charge in [-0.3, -0.25) is 0 Å². The molecule has 2 nitrogen and oxygen atoms in total. The summed E-state index contributed by atoms with van der Waals surface area (Å²) >= 11 is 0. The third kappa shape index (κ3) is 1.08. The normalized spacial score (nSPS) is 21.9. The topological polar surface area (TPSA) is 38.0 Å². The van der Waals surface area contributed by atoms with Gasteiger partial charge in [0.15, 0.2) is 0 Å². The maximum absolute atomic E-state index is 5.90. The summed E-state index contributed by atoms with van der Waals surface area (Å²) in [5.41, 5.74) is 9.55. The highest BCUT2D eigenvalue weighted by molar-refractivity contribution is 5.53. The van der Waals surface area contributed by atoms with Crippen molar-refractivity contribution in [3.05, 3.63) is 29.3 Å². The first-order valence-corrected chi connectivity index (χ1v) is 4.37. The highest BCUT2D eigenvalue weighted by Gasteiger charge is 2.17. The molecule has 2 rings (SSSR count). The van der Waals surface area contributed by atoms with E-state index in [0.29, 0.717) is 5.92 Å². The van der Waals surface area contributed by atoms with Gasteiger partial charge in [-0.05, 0) is 23.1 Å². The Labute approximate surface area is 72.8 Å². The summed E-state index contributed by atoms with van der Waals surface area (Å²) in [6, 6.07) is 6.16. The molecule has 12 heavy (non-hydrogen) atoms. The van der Waals surface area contributed by atoms with Crippen molar-refractivity contribution in [2.24, 2.45) is 0 Å². The summed E-state index contributed by atoms with van der Waals surface area (Å²) in [6.07, 6.45) is 0. The van der Waals surface area contributed by atoms with Crippen LogP contribution in [0.3, 0.4) is 0 Å². The lowest BCUT2D eigenvalue weighted by Crippen LogP contribution is -2.27. The van der Waals surface area contributed by atoms with Gasteiger partial charge in [-0.1, -0.05) is 19.1 Å². The number of fused-ring (bicyclic) bond motifs is 1. The van der Waals surface area contributed by atoms with E-state index in [2.05, 4.69) is 18.3 Å². The molecule has 0 amide bonds. The Bertz CT molecular complexity index is 294. The fourth-order valence-corrected chi connectivity index (χ4v) is 1.91. The Kier molecular flexibility index (Phi) is 1.77. The van der Waals surface area contributed by atoms with Crippen molar-refractivity contribution in [2.45, 2.75) is 19.4 Å². The molecule has 0 saturated heterocycles. The molecule has 1 aliphatic rings. The summed E-state index contributed by atoms with van der Waals surface area (Å²) in [7, 11) is 0. The van der Waals surface area contributed by atoms with Crippen LogP contribution in [0.1, 0.15) is 24.0 Å². The predicted molar refractivity (Wildman–Crippen MR) is 51.0 cm³/mol. The summed E-state index contributed by atoms with van der Waals surface area (Å²) < 4.78 is 0. The van der Waals surface area contributed by atoms with Crippen molar-refractivity contribution in [1.82, 2.24) is 5.32 Å². The molecule has 0 fully saturated rings. The van der Waals surface area contributed by atoms with E-state index in [1.807, 2.05) is 12.1 Å². The van der Waals surface area contributed by atoms with Gasteiger partial charge in [-0.15, -0.1) is 0 Å². The van der Waals surface area contributed by atoms with Crippen molar-refractivity contribution in [1.29, 1.82) is 0 Å². The monoisotopic (exact) mass is 162 g/mol. The fraction of sp³-hybridized carbons (Fsp3) is 0.400. The van der Waals surface area contributed by atoms with Gasteiger partial charge in [0, 0.05) is 18.8 Å². The van der Waals surface area contributed by atoms with Crippen LogP contribution in [0.15, 0.2) is 18.2 Å². The summed E-state index contributed by atoms with van der Waals surface area (Å²) in [6.45, 7) is 4.22. The first-order valence-electron chi connectivity index (χ1n) is 4.37. The van der Waals surface area contributed by atoms with Crippen molar-refractivity contribution < 1.29 is 0 Å². The van der Waals surface area contributed by atoms with E-state index in [9.17, 15) is 0 Å². The number of rotatable bonds is 0. The number of nitrogen functional groups attached to an aromatic ring is 1. The number of nitrogens with two attached hydrogens (primary N) is 1. The van der Waals surface area contributed by atoms with E-state index in [-0.39, 0.29) is 0 Å². The molecular formula is C10H14N2. The van der Waals surface area contributed by atoms with Crippen LogP contribution in [0.25, 0.3) is 0 Å². The largest absolute Gasteiger partial charge is 0.398 e.